The van der Waals surface area contributed by atoms with Crippen LogP contribution in [0.2, 0.25) is 0 Å². The zero-order valence-electron chi connectivity index (χ0n) is 22.5. The van der Waals surface area contributed by atoms with E-state index in [9.17, 15) is 4.39 Å². The quantitative estimate of drug-likeness (QED) is 0.360. The number of rotatable bonds is 8. The van der Waals surface area contributed by atoms with E-state index >= 15 is 8.78 Å². The summed E-state index contributed by atoms with van der Waals surface area (Å²) in [5, 5.41) is 1.04. The molecule has 0 amide bonds. The van der Waals surface area contributed by atoms with Crippen LogP contribution in [0.4, 0.5) is 13.2 Å². The average Bonchev–Trinajstić information content (AvgIpc) is 3.15. The highest BCUT2D eigenvalue weighted by molar-refractivity contribution is 5.85. The second-order valence-electron chi connectivity index (χ2n) is 11.5. The van der Waals surface area contributed by atoms with Gasteiger partial charge in [-0.25, -0.2) is 13.2 Å². The lowest BCUT2D eigenvalue weighted by Crippen LogP contribution is -2.57. The van der Waals surface area contributed by atoms with E-state index in [1.807, 2.05) is 36.1 Å². The molecule has 3 atom stereocenters. The van der Waals surface area contributed by atoms with E-state index in [-0.39, 0.29) is 30.0 Å². The van der Waals surface area contributed by atoms with Gasteiger partial charge in [0.25, 0.3) is 0 Å². The maximum atomic E-state index is 15.8. The zero-order valence-corrected chi connectivity index (χ0v) is 22.5. The van der Waals surface area contributed by atoms with Gasteiger partial charge in [0.1, 0.15) is 29.2 Å². The fraction of sp³-hybridized carbons (Fsp3) is 0.533. The van der Waals surface area contributed by atoms with E-state index in [0.29, 0.717) is 12.5 Å². The SMILES string of the molecule is CCCC(C)N1CC(Oc2cc(F)c([C@@H]3c4[nH]c5ccccc5c4C[C@@H](C)N3CC(C)(C)F)c(F)c2)C1. The molecule has 2 aliphatic heterocycles. The van der Waals surface area contributed by atoms with E-state index in [2.05, 4.69) is 23.7 Å². The van der Waals surface area contributed by atoms with E-state index in [1.54, 1.807) is 0 Å². The lowest BCUT2D eigenvalue weighted by Gasteiger charge is -2.43. The molecule has 5 rings (SSSR count). The largest absolute Gasteiger partial charge is 0.488 e. The number of fused-ring (bicyclic) bond motifs is 3. The Hall–Kier alpha value is -2.51. The van der Waals surface area contributed by atoms with E-state index < -0.39 is 23.3 Å². The molecule has 37 heavy (non-hydrogen) atoms. The molecule has 1 saturated heterocycles. The average molecular weight is 514 g/mol. The van der Waals surface area contributed by atoms with Crippen molar-refractivity contribution in [3.63, 3.8) is 0 Å². The molecule has 2 aliphatic rings. The molecule has 0 aliphatic carbocycles. The standard InChI is InChI=1S/C30H38F3N3O/c1-6-9-18(2)35-15-21(16-35)37-20-13-24(31)27(25(32)14-20)29-28-23(22-10-7-8-11-26(22)34-28)12-19(3)36(29)17-30(4,5)33/h7-8,10-11,13-14,18-19,21,29,34H,6,9,12,15-17H2,1-5H3/t18?,19-,29-/m1/s1. The summed E-state index contributed by atoms with van der Waals surface area (Å²) < 4.78 is 52.5. The predicted octanol–water partition coefficient (Wildman–Crippen LogP) is 6.78. The predicted molar refractivity (Wildman–Crippen MR) is 142 cm³/mol. The zero-order chi connectivity index (χ0) is 26.5. The number of nitrogens with one attached hydrogen (secondary N) is 1. The summed E-state index contributed by atoms with van der Waals surface area (Å²) in [6.07, 6.45) is 2.83. The van der Waals surface area contributed by atoms with Gasteiger partial charge in [-0.2, -0.15) is 0 Å². The number of aromatic nitrogens is 1. The summed E-state index contributed by atoms with van der Waals surface area (Å²) in [5.74, 6) is -1.14. The first-order valence-corrected chi connectivity index (χ1v) is 13.5. The maximum absolute atomic E-state index is 15.8. The number of hydrogen-bond donors (Lipinski definition) is 1. The van der Waals surface area contributed by atoms with Gasteiger partial charge in [0.05, 0.1) is 6.04 Å². The number of likely N-dealkylation sites (tertiary alicyclic amines) is 1. The number of para-hydroxylation sites is 1. The second-order valence-corrected chi connectivity index (χ2v) is 11.5. The number of aromatic amines is 1. The Balaban J connectivity index is 1.48. The van der Waals surface area contributed by atoms with Crippen LogP contribution >= 0.6 is 0 Å². The number of hydrogen-bond acceptors (Lipinski definition) is 3. The van der Waals surface area contributed by atoms with Crippen molar-refractivity contribution in [3.8, 4) is 5.75 Å². The third-order valence-corrected chi connectivity index (χ3v) is 7.91. The second kappa shape index (κ2) is 9.99. The number of benzene rings is 2. The highest BCUT2D eigenvalue weighted by Gasteiger charge is 2.41. The Labute approximate surface area is 217 Å². The molecule has 7 heteroatoms. The van der Waals surface area contributed by atoms with Crippen molar-refractivity contribution in [1.29, 1.82) is 0 Å². The van der Waals surface area contributed by atoms with Crippen molar-refractivity contribution in [2.75, 3.05) is 19.6 Å². The smallest absolute Gasteiger partial charge is 0.135 e. The molecule has 1 fully saturated rings. The molecule has 1 N–H and O–H groups in total. The topological polar surface area (TPSA) is 31.5 Å². The summed E-state index contributed by atoms with van der Waals surface area (Å²) in [6.45, 7) is 10.9. The van der Waals surface area contributed by atoms with Gasteiger partial charge in [-0.05, 0) is 52.2 Å². The number of alkyl halides is 1. The van der Waals surface area contributed by atoms with Crippen LogP contribution in [0.3, 0.4) is 0 Å². The molecule has 0 bridgehead atoms. The molecule has 3 aromatic rings. The van der Waals surface area contributed by atoms with Crippen LogP contribution in [0, 0.1) is 11.6 Å². The molecule has 200 valence electrons. The fourth-order valence-corrected chi connectivity index (χ4v) is 6.09. The lowest BCUT2D eigenvalue weighted by molar-refractivity contribution is -0.00700. The van der Waals surface area contributed by atoms with Crippen LogP contribution in [-0.4, -0.2) is 58.3 Å². The van der Waals surface area contributed by atoms with Gasteiger partial charge in [-0.15, -0.1) is 0 Å². The normalized spacial score (nSPS) is 22.2. The molecule has 4 nitrogen and oxygen atoms in total. The third kappa shape index (κ3) is 5.13. The molecule has 0 radical (unpaired) electrons. The highest BCUT2D eigenvalue weighted by Crippen LogP contribution is 2.44. The van der Waals surface area contributed by atoms with Crippen molar-refractivity contribution in [2.24, 2.45) is 0 Å². The van der Waals surface area contributed by atoms with Crippen LogP contribution in [0.5, 0.6) is 5.75 Å². The Kier molecular flexibility index (Phi) is 7.05. The van der Waals surface area contributed by atoms with Crippen molar-refractivity contribution in [3.05, 3.63) is 64.9 Å². The van der Waals surface area contributed by atoms with Crippen LogP contribution < -0.4 is 4.74 Å². The van der Waals surface area contributed by atoms with Gasteiger partial charge >= 0.3 is 0 Å². The van der Waals surface area contributed by atoms with Gasteiger partial charge in [0.2, 0.25) is 0 Å². The number of ether oxygens (including phenoxy) is 1. The highest BCUT2D eigenvalue weighted by atomic mass is 19.1. The number of H-pyrrole nitrogens is 1. The Morgan fingerprint density at radius 1 is 1.14 bits per heavy atom. The minimum atomic E-state index is -1.53. The summed E-state index contributed by atoms with van der Waals surface area (Å²) in [6, 6.07) is 10.1. The first-order chi connectivity index (χ1) is 17.6. The van der Waals surface area contributed by atoms with Crippen molar-refractivity contribution >= 4 is 10.9 Å². The molecule has 3 heterocycles. The van der Waals surface area contributed by atoms with Crippen molar-refractivity contribution in [2.45, 2.75) is 83.8 Å². The summed E-state index contributed by atoms with van der Waals surface area (Å²) >= 11 is 0. The first-order valence-electron chi connectivity index (χ1n) is 13.5. The Morgan fingerprint density at radius 2 is 1.81 bits per heavy atom. The third-order valence-electron chi connectivity index (χ3n) is 7.91. The lowest BCUT2D eigenvalue weighted by atomic mass is 9.87. The molecule has 0 saturated carbocycles. The van der Waals surface area contributed by atoms with Gasteiger partial charge in [-0.3, -0.25) is 9.80 Å². The molecule has 1 unspecified atom stereocenters. The molecular formula is C30H38F3N3O. The van der Waals surface area contributed by atoms with E-state index in [1.165, 1.54) is 26.0 Å². The molecule has 1 aromatic heterocycles. The van der Waals surface area contributed by atoms with Crippen molar-refractivity contribution < 1.29 is 17.9 Å². The van der Waals surface area contributed by atoms with Gasteiger partial charge in [0, 0.05) is 66.0 Å². The van der Waals surface area contributed by atoms with Crippen molar-refractivity contribution in [1.82, 2.24) is 14.8 Å². The Morgan fingerprint density at radius 3 is 2.46 bits per heavy atom. The molecule has 0 spiro atoms. The number of nitrogens with zero attached hydrogens (tertiary/aromatic N) is 2. The maximum Gasteiger partial charge on any atom is 0.135 e. The van der Waals surface area contributed by atoms with Crippen LogP contribution in [0.25, 0.3) is 10.9 Å². The monoisotopic (exact) mass is 513 g/mol. The van der Waals surface area contributed by atoms with Crippen LogP contribution in [-0.2, 0) is 6.42 Å². The number of halogens is 3. The van der Waals surface area contributed by atoms with Crippen LogP contribution in [0.15, 0.2) is 36.4 Å². The minimum absolute atomic E-state index is 0.0542. The first kappa shape index (κ1) is 26.1. The molecule has 2 aromatic carbocycles. The fourth-order valence-electron chi connectivity index (χ4n) is 6.09. The van der Waals surface area contributed by atoms with E-state index in [0.717, 1.165) is 48.1 Å². The summed E-state index contributed by atoms with van der Waals surface area (Å²) in [4.78, 5) is 7.63. The minimum Gasteiger partial charge on any atom is -0.488 e. The van der Waals surface area contributed by atoms with Gasteiger partial charge in [0.15, 0.2) is 0 Å². The van der Waals surface area contributed by atoms with Gasteiger partial charge < -0.3 is 9.72 Å². The Bertz CT molecular complexity index is 1240. The summed E-state index contributed by atoms with van der Waals surface area (Å²) in [5.41, 5.74) is 1.09. The van der Waals surface area contributed by atoms with Gasteiger partial charge in [-0.1, -0.05) is 31.5 Å². The summed E-state index contributed by atoms with van der Waals surface area (Å²) in [7, 11) is 0. The van der Waals surface area contributed by atoms with Crippen LogP contribution in [0.1, 0.15) is 70.3 Å². The van der Waals surface area contributed by atoms with E-state index in [4.69, 9.17) is 4.74 Å². The molecular weight excluding hydrogens is 475 g/mol.